The van der Waals surface area contributed by atoms with Crippen molar-refractivity contribution in [1.82, 2.24) is 4.90 Å². The summed E-state index contributed by atoms with van der Waals surface area (Å²) in [6.07, 6.45) is -4.58. The summed E-state index contributed by atoms with van der Waals surface area (Å²) in [6.45, 7) is 1.83. The Morgan fingerprint density at radius 2 is 1.89 bits per heavy atom. The minimum absolute atomic E-state index is 0.0163. The van der Waals surface area contributed by atoms with Crippen molar-refractivity contribution in [2.45, 2.75) is 30.9 Å². The number of alkyl halides is 4. The number of nitrogens with one attached hydrogen (secondary N) is 1. The van der Waals surface area contributed by atoms with Gasteiger partial charge in [-0.25, -0.2) is 0 Å². The number of halogens is 4. The lowest BCUT2D eigenvalue weighted by Crippen LogP contribution is -2.42. The summed E-state index contributed by atoms with van der Waals surface area (Å²) >= 11 is 6.38. The lowest BCUT2D eigenvalue weighted by molar-refractivity contribution is -0.185. The topological polar surface area (TPSA) is 32.3 Å². The van der Waals surface area contributed by atoms with Gasteiger partial charge >= 0.3 is 12.1 Å². The smallest absolute Gasteiger partial charge is 0.378 e. The fourth-order valence-electron chi connectivity index (χ4n) is 3.36. The molecule has 2 aromatic carbocycles. The number of fused-ring (bicyclic) bond motifs is 1. The molecule has 3 rings (SSSR count). The summed E-state index contributed by atoms with van der Waals surface area (Å²) in [4.78, 5) is 12.4. The van der Waals surface area contributed by atoms with Crippen molar-refractivity contribution >= 4 is 23.2 Å². The number of nitrogens with zero attached hydrogens (tertiary/aromatic N) is 1. The molecular weight excluding hydrogens is 377 g/mol. The number of anilines is 1. The molecule has 0 bridgehead atoms. The van der Waals surface area contributed by atoms with Gasteiger partial charge in [-0.15, -0.1) is 11.6 Å². The zero-order valence-corrected chi connectivity index (χ0v) is 15.5. The average Bonchev–Trinajstić information content (AvgIpc) is 2.81. The van der Waals surface area contributed by atoms with Crippen molar-refractivity contribution in [1.29, 1.82) is 0 Å². The zero-order chi connectivity index (χ0) is 19.6. The van der Waals surface area contributed by atoms with Gasteiger partial charge in [0.05, 0.1) is 5.38 Å². The van der Waals surface area contributed by atoms with Crippen LogP contribution in [0.3, 0.4) is 0 Å². The third kappa shape index (κ3) is 4.38. The molecule has 1 N–H and O–H groups in total. The molecular formula is C20H20ClF3N2O. The molecule has 0 aliphatic carbocycles. The lowest BCUT2D eigenvalue weighted by atomic mass is 9.99. The molecule has 2 unspecified atom stereocenters. The summed E-state index contributed by atoms with van der Waals surface area (Å²) in [6, 6.07) is 15.4. The van der Waals surface area contributed by atoms with Gasteiger partial charge in [0, 0.05) is 24.8 Å². The maximum atomic E-state index is 12.8. The van der Waals surface area contributed by atoms with Gasteiger partial charge < -0.3 is 10.2 Å². The van der Waals surface area contributed by atoms with Gasteiger partial charge in [-0.2, -0.15) is 13.2 Å². The molecule has 0 saturated carbocycles. The minimum atomic E-state index is -4.89. The Hall–Kier alpha value is -2.21. The van der Waals surface area contributed by atoms with E-state index in [2.05, 4.69) is 5.32 Å². The number of hydrogen-bond donors (Lipinski definition) is 1. The molecule has 0 saturated heterocycles. The molecule has 144 valence electrons. The Labute approximate surface area is 161 Å². The first-order valence-corrected chi connectivity index (χ1v) is 9.14. The van der Waals surface area contributed by atoms with Crippen molar-refractivity contribution < 1.29 is 18.0 Å². The number of amides is 1. The van der Waals surface area contributed by atoms with E-state index in [9.17, 15) is 18.0 Å². The van der Waals surface area contributed by atoms with Crippen LogP contribution in [0.5, 0.6) is 0 Å². The molecule has 3 nitrogen and oxygen atoms in total. The largest absolute Gasteiger partial charge is 0.471 e. The van der Waals surface area contributed by atoms with Gasteiger partial charge in [0.2, 0.25) is 0 Å². The van der Waals surface area contributed by atoms with E-state index in [1.54, 1.807) is 0 Å². The summed E-state index contributed by atoms with van der Waals surface area (Å²) in [5.74, 6) is -1.84. The van der Waals surface area contributed by atoms with Crippen LogP contribution in [0.2, 0.25) is 0 Å². The molecule has 7 heteroatoms. The quantitative estimate of drug-likeness (QED) is 0.733. The summed E-state index contributed by atoms with van der Waals surface area (Å²) in [5.41, 5.74) is 3.55. The highest BCUT2D eigenvalue weighted by Crippen LogP contribution is 2.35. The maximum absolute atomic E-state index is 12.8. The molecule has 0 spiro atoms. The fraction of sp³-hybridized carbons (Fsp3) is 0.350. The van der Waals surface area contributed by atoms with E-state index in [0.29, 0.717) is 6.42 Å². The van der Waals surface area contributed by atoms with Crippen LogP contribution in [0, 0.1) is 0 Å². The Morgan fingerprint density at radius 3 is 2.56 bits per heavy atom. The molecule has 1 aliphatic rings. The predicted octanol–water partition coefficient (Wildman–Crippen LogP) is 5.09. The van der Waals surface area contributed by atoms with E-state index in [4.69, 9.17) is 11.6 Å². The van der Waals surface area contributed by atoms with Crippen molar-refractivity contribution in [2.24, 2.45) is 0 Å². The van der Waals surface area contributed by atoms with Gasteiger partial charge in [-0.1, -0.05) is 42.5 Å². The van der Waals surface area contributed by atoms with Crippen LogP contribution in [-0.2, 0) is 11.2 Å². The van der Waals surface area contributed by atoms with Crippen LogP contribution < -0.4 is 5.32 Å². The third-order valence-corrected chi connectivity index (χ3v) is 5.14. The normalized spacial score (nSPS) is 18.4. The van der Waals surface area contributed by atoms with Crippen LogP contribution in [0.25, 0.3) is 0 Å². The van der Waals surface area contributed by atoms with Crippen molar-refractivity contribution in [3.05, 3.63) is 65.2 Å². The second kappa shape index (κ2) is 7.80. The highest BCUT2D eigenvalue weighted by Gasteiger charge is 2.43. The first-order valence-electron chi connectivity index (χ1n) is 8.71. The van der Waals surface area contributed by atoms with E-state index in [0.717, 1.165) is 27.3 Å². The van der Waals surface area contributed by atoms with E-state index < -0.39 is 17.5 Å². The van der Waals surface area contributed by atoms with Crippen LogP contribution in [0.1, 0.15) is 35.0 Å². The van der Waals surface area contributed by atoms with E-state index in [1.807, 2.05) is 55.5 Å². The minimum Gasteiger partial charge on any atom is -0.378 e. The summed E-state index contributed by atoms with van der Waals surface area (Å²) in [5, 5.41) is 2.73. The Bertz CT molecular complexity index is 811. The standard InChI is InChI=1S/C20H20ClF3N2O/c1-13(14-6-3-2-4-7-14)25-18-9-5-8-15-16(18)10-11-26(12-17(15)21)19(27)20(22,23)24/h2-9,13,17,25H,10-12H2,1H3. The Balaban J connectivity index is 1.85. The van der Waals surface area contributed by atoms with Crippen molar-refractivity contribution in [3.63, 3.8) is 0 Å². The van der Waals surface area contributed by atoms with Crippen LogP contribution >= 0.6 is 11.6 Å². The molecule has 1 aliphatic heterocycles. The van der Waals surface area contributed by atoms with E-state index in [-0.39, 0.29) is 19.1 Å². The molecule has 0 fully saturated rings. The first kappa shape index (κ1) is 19.5. The Kier molecular flexibility index (Phi) is 5.65. The first-order chi connectivity index (χ1) is 12.8. The van der Waals surface area contributed by atoms with Crippen molar-refractivity contribution in [3.8, 4) is 0 Å². The van der Waals surface area contributed by atoms with Crippen LogP contribution in [-0.4, -0.2) is 30.1 Å². The van der Waals surface area contributed by atoms with Gasteiger partial charge in [0.15, 0.2) is 0 Å². The van der Waals surface area contributed by atoms with Gasteiger partial charge in [-0.05, 0) is 36.1 Å². The fourth-order valence-corrected chi connectivity index (χ4v) is 3.74. The molecule has 0 radical (unpaired) electrons. The number of benzene rings is 2. The summed E-state index contributed by atoms with van der Waals surface area (Å²) < 4.78 is 38.4. The number of carbonyl (C=O) groups excluding carboxylic acids is 1. The van der Waals surface area contributed by atoms with Crippen LogP contribution in [0.4, 0.5) is 18.9 Å². The number of hydrogen-bond acceptors (Lipinski definition) is 2. The molecule has 0 aromatic heterocycles. The number of rotatable bonds is 3. The highest BCUT2D eigenvalue weighted by atomic mass is 35.5. The van der Waals surface area contributed by atoms with Gasteiger partial charge in [-0.3, -0.25) is 4.79 Å². The van der Waals surface area contributed by atoms with Gasteiger partial charge in [0.1, 0.15) is 0 Å². The Morgan fingerprint density at radius 1 is 1.19 bits per heavy atom. The molecule has 27 heavy (non-hydrogen) atoms. The van der Waals surface area contributed by atoms with Gasteiger partial charge in [0.25, 0.3) is 0 Å². The predicted molar refractivity (Wildman–Crippen MR) is 99.9 cm³/mol. The average molecular weight is 397 g/mol. The molecule has 2 atom stereocenters. The maximum Gasteiger partial charge on any atom is 0.471 e. The summed E-state index contributed by atoms with van der Waals surface area (Å²) in [7, 11) is 0. The lowest BCUT2D eigenvalue weighted by Gasteiger charge is -2.23. The monoisotopic (exact) mass is 396 g/mol. The molecule has 1 heterocycles. The second-order valence-corrected chi connectivity index (χ2v) is 7.14. The molecule has 2 aromatic rings. The molecule has 1 amide bonds. The number of carbonyl (C=O) groups is 1. The second-order valence-electron chi connectivity index (χ2n) is 6.62. The third-order valence-electron chi connectivity index (χ3n) is 4.76. The SMILES string of the molecule is CC(Nc1cccc2c1CCN(C(=O)C(F)(F)F)CC2Cl)c1ccccc1. The van der Waals surface area contributed by atoms with E-state index in [1.165, 1.54) is 0 Å². The zero-order valence-electron chi connectivity index (χ0n) is 14.8. The van der Waals surface area contributed by atoms with E-state index >= 15 is 0 Å². The van der Waals surface area contributed by atoms with Crippen molar-refractivity contribution in [2.75, 3.05) is 18.4 Å². The highest BCUT2D eigenvalue weighted by molar-refractivity contribution is 6.21. The van der Waals surface area contributed by atoms with Crippen LogP contribution in [0.15, 0.2) is 48.5 Å².